The number of esters is 1. The first kappa shape index (κ1) is 22.3. The smallest absolute Gasteiger partial charge is 0.306 e. The molecule has 174 valence electrons. The topological polar surface area (TPSA) is 73.0 Å². The Balaban J connectivity index is 1.62. The first-order chi connectivity index (χ1) is 15.0. The molecule has 0 radical (unpaired) electrons. The summed E-state index contributed by atoms with van der Waals surface area (Å²) in [5.41, 5.74) is -2.85. The molecule has 0 aromatic carbocycles. The zero-order chi connectivity index (χ0) is 23.3. The summed E-state index contributed by atoms with van der Waals surface area (Å²) in [5, 5.41) is 0. The molecule has 0 aromatic heterocycles. The number of ether oxygens (including phenoxy) is 2. The second-order valence-electron chi connectivity index (χ2n) is 10.7. The Morgan fingerprint density at radius 2 is 2.00 bits per heavy atom. The van der Waals surface area contributed by atoms with Crippen molar-refractivity contribution in [1.29, 1.82) is 0 Å². The molecule has 32 heavy (non-hydrogen) atoms. The van der Waals surface area contributed by atoms with E-state index in [2.05, 4.69) is 0 Å². The predicted octanol–water partition coefficient (Wildman–Crippen LogP) is 4.12. The van der Waals surface area contributed by atoms with Gasteiger partial charge in [-0.05, 0) is 55.7 Å². The third kappa shape index (κ3) is 2.36. The van der Waals surface area contributed by atoms with Crippen molar-refractivity contribution in [3.05, 3.63) is 23.8 Å². The van der Waals surface area contributed by atoms with Crippen LogP contribution >= 0.6 is 11.6 Å². The molecular weight excluding hydrogens is 435 g/mol. The van der Waals surface area contributed by atoms with E-state index < -0.39 is 34.2 Å². The van der Waals surface area contributed by atoms with Crippen molar-refractivity contribution in [2.45, 2.75) is 76.9 Å². The average molecular weight is 465 g/mol. The average Bonchev–Trinajstić information content (AvgIpc) is 3.43. The summed E-state index contributed by atoms with van der Waals surface area (Å²) in [7, 11) is 0. The van der Waals surface area contributed by atoms with E-state index in [1.54, 1.807) is 6.92 Å². The minimum Gasteiger partial charge on any atom is -0.450 e. The number of carbonyl (C=O) groups is 3. The van der Waals surface area contributed by atoms with Crippen molar-refractivity contribution < 1.29 is 28.2 Å². The van der Waals surface area contributed by atoms with Crippen LogP contribution in [0.4, 0.5) is 4.39 Å². The molecule has 0 N–H and O–H groups in total. The van der Waals surface area contributed by atoms with Crippen LogP contribution in [0.1, 0.15) is 53.4 Å². The van der Waals surface area contributed by atoms with Crippen molar-refractivity contribution >= 4 is 29.1 Å². The van der Waals surface area contributed by atoms with Gasteiger partial charge in [-0.3, -0.25) is 14.4 Å². The highest BCUT2D eigenvalue weighted by Gasteiger charge is 2.83. The molecule has 5 rings (SSSR count). The Labute approximate surface area is 192 Å². The summed E-state index contributed by atoms with van der Waals surface area (Å²) in [6.45, 7) is 7.62. The van der Waals surface area contributed by atoms with E-state index in [0.717, 1.165) is 0 Å². The lowest BCUT2D eigenvalue weighted by atomic mass is 9.46. The van der Waals surface area contributed by atoms with Crippen LogP contribution in [0.25, 0.3) is 0 Å². The molecule has 9 atom stereocenters. The number of allylic oxidation sites excluding steroid dienone is 2. The zero-order valence-electron chi connectivity index (χ0n) is 19.0. The number of fused-ring (bicyclic) bond motifs is 3. The largest absolute Gasteiger partial charge is 0.450 e. The van der Waals surface area contributed by atoms with Gasteiger partial charge in [0.1, 0.15) is 11.8 Å². The predicted molar refractivity (Wildman–Crippen MR) is 116 cm³/mol. The Morgan fingerprint density at radius 3 is 2.66 bits per heavy atom. The van der Waals surface area contributed by atoms with Crippen molar-refractivity contribution in [2.75, 3.05) is 5.88 Å². The van der Waals surface area contributed by atoms with Gasteiger partial charge in [0.15, 0.2) is 17.2 Å². The highest BCUT2D eigenvalue weighted by molar-refractivity contribution is 6.29. The van der Waals surface area contributed by atoms with Crippen molar-refractivity contribution in [2.24, 2.45) is 28.6 Å². The molecule has 5 nitrogen and oxygen atoms in total. The second-order valence-corrected chi connectivity index (χ2v) is 11.0. The molecule has 4 aliphatic carbocycles. The molecule has 0 amide bonds. The number of carbonyl (C=O) groups excluding carboxylic acids is 3. The zero-order valence-corrected chi connectivity index (χ0v) is 19.7. The van der Waals surface area contributed by atoms with E-state index in [-0.39, 0.29) is 54.1 Å². The van der Waals surface area contributed by atoms with Crippen LogP contribution in [-0.2, 0) is 23.9 Å². The minimum atomic E-state index is -1.34. The molecule has 4 fully saturated rings. The van der Waals surface area contributed by atoms with Gasteiger partial charge in [-0.25, -0.2) is 4.39 Å². The first-order valence-electron chi connectivity index (χ1n) is 11.6. The SMILES string of the molecule is CCC(=O)O[C@]1(C(=O)CCl)[C@@H](C)C[C@H]2[C@@H]3C[C@H](F)C4=CC(=O)C=C[C@]4(C)[C@@]34O[C@H]4C[C@@]21C. The molecular formula is C25H30ClFO5. The molecule has 1 spiro atoms. The van der Waals surface area contributed by atoms with Gasteiger partial charge in [0, 0.05) is 23.2 Å². The molecule has 5 aliphatic rings. The molecule has 1 aliphatic heterocycles. The van der Waals surface area contributed by atoms with Crippen LogP contribution in [0.5, 0.6) is 0 Å². The maximum absolute atomic E-state index is 15.6. The van der Waals surface area contributed by atoms with Crippen LogP contribution < -0.4 is 0 Å². The fourth-order valence-corrected chi connectivity index (χ4v) is 8.38. The van der Waals surface area contributed by atoms with E-state index in [1.165, 1.54) is 12.2 Å². The van der Waals surface area contributed by atoms with Crippen molar-refractivity contribution in [3.8, 4) is 0 Å². The quantitative estimate of drug-likeness (QED) is 0.355. The summed E-state index contributed by atoms with van der Waals surface area (Å²) in [5.74, 6) is -1.62. The summed E-state index contributed by atoms with van der Waals surface area (Å²) >= 11 is 6.06. The molecule has 1 saturated heterocycles. The summed E-state index contributed by atoms with van der Waals surface area (Å²) < 4.78 is 28.0. The van der Waals surface area contributed by atoms with Crippen LogP contribution in [0.3, 0.4) is 0 Å². The molecule has 0 aromatic rings. The van der Waals surface area contributed by atoms with E-state index in [4.69, 9.17) is 21.1 Å². The molecule has 0 unspecified atom stereocenters. The first-order valence-corrected chi connectivity index (χ1v) is 12.1. The van der Waals surface area contributed by atoms with Crippen LogP contribution in [0.2, 0.25) is 0 Å². The lowest BCUT2D eigenvalue weighted by Crippen LogP contribution is -2.64. The maximum atomic E-state index is 15.6. The van der Waals surface area contributed by atoms with Gasteiger partial charge in [0.05, 0.1) is 12.0 Å². The molecule has 3 saturated carbocycles. The fourth-order valence-electron chi connectivity index (χ4n) is 8.18. The highest BCUT2D eigenvalue weighted by atomic mass is 35.5. The summed E-state index contributed by atoms with van der Waals surface area (Å²) in [4.78, 5) is 37.9. The Hall–Kier alpha value is -1.53. The number of hydrogen-bond donors (Lipinski definition) is 0. The van der Waals surface area contributed by atoms with Crippen LogP contribution in [0, 0.1) is 28.6 Å². The molecule has 7 heteroatoms. The lowest BCUT2D eigenvalue weighted by Gasteiger charge is -2.56. The lowest BCUT2D eigenvalue weighted by molar-refractivity contribution is -0.191. The Bertz CT molecular complexity index is 975. The molecule has 1 heterocycles. The van der Waals surface area contributed by atoms with Crippen LogP contribution in [0.15, 0.2) is 23.8 Å². The van der Waals surface area contributed by atoms with Gasteiger partial charge in [0.2, 0.25) is 0 Å². The molecule has 0 bridgehead atoms. The number of epoxide rings is 1. The Morgan fingerprint density at radius 1 is 1.28 bits per heavy atom. The van der Waals surface area contributed by atoms with E-state index in [0.29, 0.717) is 18.4 Å². The number of Topliss-reactive ketones (excluding diaryl/α,β-unsaturated/α-hetero) is 1. The van der Waals surface area contributed by atoms with Crippen LogP contribution in [-0.4, -0.2) is 46.9 Å². The van der Waals surface area contributed by atoms with Crippen molar-refractivity contribution in [3.63, 3.8) is 0 Å². The van der Waals surface area contributed by atoms with Gasteiger partial charge in [-0.15, -0.1) is 11.6 Å². The third-order valence-corrected chi connectivity index (χ3v) is 9.80. The van der Waals surface area contributed by atoms with Gasteiger partial charge in [-0.2, -0.15) is 0 Å². The number of halogens is 2. The van der Waals surface area contributed by atoms with E-state index in [1.807, 2.05) is 26.8 Å². The Kier molecular flexibility index (Phi) is 4.70. The van der Waals surface area contributed by atoms with E-state index >= 15 is 4.39 Å². The standard InChI is InChI=1S/C25H30ClFO5/c1-5-21(30)32-24(19(29)12-26)13(2)8-15-16-10-18(27)17-9-14(28)6-7-22(17,3)25(16)20(31-25)11-23(15,24)4/h6-7,9,13,15-16,18,20H,5,8,10-12H2,1-4H3/t13-,15-,16-,18-,20-,22-,23-,24-,25+/m0/s1. The van der Waals surface area contributed by atoms with E-state index in [9.17, 15) is 14.4 Å². The summed E-state index contributed by atoms with van der Waals surface area (Å²) in [6, 6.07) is 0. The number of hydrogen-bond acceptors (Lipinski definition) is 5. The number of rotatable bonds is 4. The fraction of sp³-hybridized carbons (Fsp3) is 0.720. The number of alkyl halides is 2. The van der Waals surface area contributed by atoms with Gasteiger partial charge >= 0.3 is 5.97 Å². The summed E-state index contributed by atoms with van der Waals surface area (Å²) in [6.07, 6.45) is 4.85. The van der Waals surface area contributed by atoms with Crippen molar-refractivity contribution in [1.82, 2.24) is 0 Å². The van der Waals surface area contributed by atoms with Gasteiger partial charge in [-0.1, -0.05) is 26.8 Å². The normalized spacial score (nSPS) is 50.5. The highest BCUT2D eigenvalue weighted by Crippen LogP contribution is 2.77. The van der Waals surface area contributed by atoms with Gasteiger partial charge < -0.3 is 9.47 Å². The van der Waals surface area contributed by atoms with Gasteiger partial charge in [0.25, 0.3) is 0 Å². The number of ketones is 2. The minimum absolute atomic E-state index is 0.0734. The third-order valence-electron chi connectivity index (χ3n) is 9.56. The monoisotopic (exact) mass is 464 g/mol. The second kappa shape index (κ2) is 6.75. The maximum Gasteiger partial charge on any atom is 0.306 e.